The number of rotatable bonds is 5. The van der Waals surface area contributed by atoms with Gasteiger partial charge in [-0.05, 0) is 51.3 Å². The highest BCUT2D eigenvalue weighted by Crippen LogP contribution is 2.20. The van der Waals surface area contributed by atoms with Gasteiger partial charge in [0.2, 0.25) is 5.91 Å². The number of amides is 1. The van der Waals surface area contributed by atoms with Gasteiger partial charge in [-0.15, -0.1) is 11.3 Å². The second-order valence-electron chi connectivity index (χ2n) is 5.41. The first-order valence-electron chi connectivity index (χ1n) is 7.21. The third-order valence-electron chi connectivity index (χ3n) is 3.81. The van der Waals surface area contributed by atoms with Gasteiger partial charge in [-0.3, -0.25) is 4.79 Å². The largest absolute Gasteiger partial charge is 0.351 e. The molecule has 3 nitrogen and oxygen atoms in total. The van der Waals surface area contributed by atoms with Crippen LogP contribution in [0.3, 0.4) is 0 Å². The lowest BCUT2D eigenvalue weighted by atomic mass is 10.0. The van der Waals surface area contributed by atoms with E-state index in [9.17, 15) is 4.79 Å². The van der Waals surface area contributed by atoms with Crippen LogP contribution in [-0.2, 0) is 11.3 Å². The van der Waals surface area contributed by atoms with Crippen LogP contribution in [0.15, 0.2) is 6.07 Å². The minimum Gasteiger partial charge on any atom is -0.351 e. The van der Waals surface area contributed by atoms with Crippen LogP contribution in [0.1, 0.15) is 47.4 Å². The third-order valence-corrected chi connectivity index (χ3v) is 4.96. The molecular weight excluding hydrogens is 256 g/mol. The number of aryl methyl sites for hydroxylation is 2. The smallest absolute Gasteiger partial charge is 0.220 e. The Morgan fingerprint density at radius 1 is 1.47 bits per heavy atom. The van der Waals surface area contributed by atoms with Gasteiger partial charge in [-0.25, -0.2) is 0 Å². The Morgan fingerprint density at radius 2 is 2.32 bits per heavy atom. The van der Waals surface area contributed by atoms with Crippen molar-refractivity contribution in [3.05, 3.63) is 21.4 Å². The number of nitrogens with one attached hydrogen (secondary N) is 2. The van der Waals surface area contributed by atoms with Crippen LogP contribution in [0.5, 0.6) is 0 Å². The number of piperidine rings is 1. The first-order valence-corrected chi connectivity index (χ1v) is 8.03. The summed E-state index contributed by atoms with van der Waals surface area (Å²) in [5.41, 5.74) is 1.32. The molecule has 0 aliphatic carbocycles. The lowest BCUT2D eigenvalue weighted by Crippen LogP contribution is -2.35. The highest BCUT2D eigenvalue weighted by Gasteiger charge is 2.14. The first-order chi connectivity index (χ1) is 9.15. The highest BCUT2D eigenvalue weighted by atomic mass is 32.1. The standard InChI is InChI=1S/C15H24N2OS/c1-11-9-14(19-12(11)2)10-17-15(18)7-6-13-5-3-4-8-16-13/h9,13,16H,3-8,10H2,1-2H3,(H,17,18). The predicted molar refractivity (Wildman–Crippen MR) is 80.5 cm³/mol. The van der Waals surface area contributed by atoms with E-state index in [1.165, 1.54) is 34.6 Å². The molecule has 1 amide bonds. The van der Waals surface area contributed by atoms with Gasteiger partial charge in [-0.1, -0.05) is 6.42 Å². The Bertz CT molecular complexity index is 402. The Hall–Kier alpha value is -0.870. The predicted octanol–water partition coefficient (Wildman–Crippen LogP) is 2.90. The maximum Gasteiger partial charge on any atom is 0.220 e. The average molecular weight is 280 g/mol. The van der Waals surface area contributed by atoms with Crippen molar-refractivity contribution in [3.63, 3.8) is 0 Å². The molecule has 0 bridgehead atoms. The summed E-state index contributed by atoms with van der Waals surface area (Å²) in [7, 11) is 0. The Labute approximate surface area is 119 Å². The normalized spacial score (nSPS) is 19.4. The molecule has 0 spiro atoms. The van der Waals surface area contributed by atoms with Crippen LogP contribution in [-0.4, -0.2) is 18.5 Å². The highest BCUT2D eigenvalue weighted by molar-refractivity contribution is 7.12. The van der Waals surface area contributed by atoms with Crippen molar-refractivity contribution in [1.82, 2.24) is 10.6 Å². The van der Waals surface area contributed by atoms with E-state index in [2.05, 4.69) is 30.5 Å². The molecule has 0 aromatic carbocycles. The van der Waals surface area contributed by atoms with E-state index in [-0.39, 0.29) is 5.91 Å². The van der Waals surface area contributed by atoms with Gasteiger partial charge in [0.1, 0.15) is 0 Å². The van der Waals surface area contributed by atoms with E-state index >= 15 is 0 Å². The van der Waals surface area contributed by atoms with Crippen molar-refractivity contribution < 1.29 is 4.79 Å². The quantitative estimate of drug-likeness (QED) is 0.871. The Morgan fingerprint density at radius 3 is 2.95 bits per heavy atom. The minimum absolute atomic E-state index is 0.177. The second-order valence-corrected chi connectivity index (χ2v) is 6.76. The van der Waals surface area contributed by atoms with Crippen LogP contribution in [0, 0.1) is 13.8 Å². The maximum atomic E-state index is 11.8. The first kappa shape index (κ1) is 14.5. The number of hydrogen-bond acceptors (Lipinski definition) is 3. The van der Waals surface area contributed by atoms with Crippen molar-refractivity contribution >= 4 is 17.2 Å². The summed E-state index contributed by atoms with van der Waals surface area (Å²) in [5.74, 6) is 0.177. The minimum atomic E-state index is 0.177. The fourth-order valence-corrected chi connectivity index (χ4v) is 3.48. The Kier molecular flexibility index (Phi) is 5.40. The molecule has 1 atom stereocenters. The van der Waals surface area contributed by atoms with Crippen LogP contribution >= 0.6 is 11.3 Å². The topological polar surface area (TPSA) is 41.1 Å². The number of thiophene rings is 1. The zero-order chi connectivity index (χ0) is 13.7. The van der Waals surface area contributed by atoms with Gasteiger partial charge in [0.05, 0.1) is 6.54 Å². The van der Waals surface area contributed by atoms with E-state index in [0.717, 1.165) is 13.0 Å². The van der Waals surface area contributed by atoms with Crippen molar-refractivity contribution in [2.75, 3.05) is 6.54 Å². The number of hydrogen-bond donors (Lipinski definition) is 2. The van der Waals surface area contributed by atoms with Crippen molar-refractivity contribution in [3.8, 4) is 0 Å². The molecule has 1 saturated heterocycles. The van der Waals surface area contributed by atoms with E-state index in [1.54, 1.807) is 11.3 Å². The van der Waals surface area contributed by atoms with Gasteiger partial charge in [-0.2, -0.15) is 0 Å². The van der Waals surface area contributed by atoms with Crippen LogP contribution < -0.4 is 10.6 Å². The molecule has 106 valence electrons. The Balaban J connectivity index is 1.66. The fourth-order valence-electron chi connectivity index (χ4n) is 2.49. The molecule has 0 radical (unpaired) electrons. The van der Waals surface area contributed by atoms with Gasteiger partial charge in [0.15, 0.2) is 0 Å². The van der Waals surface area contributed by atoms with E-state index in [0.29, 0.717) is 19.0 Å². The van der Waals surface area contributed by atoms with Crippen LogP contribution in [0.4, 0.5) is 0 Å². The monoisotopic (exact) mass is 280 g/mol. The molecule has 1 aromatic rings. The summed E-state index contributed by atoms with van der Waals surface area (Å²) in [6.45, 7) is 6.03. The summed E-state index contributed by atoms with van der Waals surface area (Å²) < 4.78 is 0. The van der Waals surface area contributed by atoms with Crippen LogP contribution in [0.2, 0.25) is 0 Å². The summed E-state index contributed by atoms with van der Waals surface area (Å²) >= 11 is 1.78. The molecule has 1 aliphatic heterocycles. The van der Waals surface area contributed by atoms with E-state index in [1.807, 2.05) is 0 Å². The lowest BCUT2D eigenvalue weighted by molar-refractivity contribution is -0.121. The van der Waals surface area contributed by atoms with Crippen molar-refractivity contribution in [2.24, 2.45) is 0 Å². The van der Waals surface area contributed by atoms with Crippen molar-refractivity contribution in [1.29, 1.82) is 0 Å². The number of carbonyl (C=O) groups is 1. The average Bonchev–Trinajstić information content (AvgIpc) is 2.74. The molecule has 1 fully saturated rings. The lowest BCUT2D eigenvalue weighted by Gasteiger charge is -2.22. The molecule has 1 unspecified atom stereocenters. The third kappa shape index (κ3) is 4.62. The molecule has 1 aliphatic rings. The van der Waals surface area contributed by atoms with E-state index < -0.39 is 0 Å². The molecular formula is C15H24N2OS. The van der Waals surface area contributed by atoms with Gasteiger partial charge < -0.3 is 10.6 Å². The zero-order valence-corrected chi connectivity index (χ0v) is 12.7. The molecule has 2 rings (SSSR count). The SMILES string of the molecule is Cc1cc(CNC(=O)CCC2CCCCN2)sc1C. The molecule has 2 heterocycles. The zero-order valence-electron chi connectivity index (χ0n) is 11.9. The molecule has 0 saturated carbocycles. The summed E-state index contributed by atoms with van der Waals surface area (Å²) in [4.78, 5) is 14.4. The summed E-state index contributed by atoms with van der Waals surface area (Å²) in [6, 6.07) is 2.72. The van der Waals surface area contributed by atoms with Crippen molar-refractivity contribution in [2.45, 2.75) is 58.5 Å². The molecule has 19 heavy (non-hydrogen) atoms. The summed E-state index contributed by atoms with van der Waals surface area (Å²) in [6.07, 6.45) is 5.40. The maximum absolute atomic E-state index is 11.8. The second kappa shape index (κ2) is 7.06. The van der Waals surface area contributed by atoms with Crippen LogP contribution in [0.25, 0.3) is 0 Å². The van der Waals surface area contributed by atoms with Gasteiger partial charge >= 0.3 is 0 Å². The van der Waals surface area contributed by atoms with Gasteiger partial charge in [0.25, 0.3) is 0 Å². The fraction of sp³-hybridized carbons (Fsp3) is 0.667. The van der Waals surface area contributed by atoms with E-state index in [4.69, 9.17) is 0 Å². The number of carbonyl (C=O) groups excluding carboxylic acids is 1. The van der Waals surface area contributed by atoms with Gasteiger partial charge in [0, 0.05) is 22.2 Å². The molecule has 2 N–H and O–H groups in total. The summed E-state index contributed by atoms with van der Waals surface area (Å²) in [5, 5.41) is 6.50. The molecule has 1 aromatic heterocycles. The molecule has 4 heteroatoms.